The Morgan fingerprint density at radius 1 is 1.21 bits per heavy atom. The third kappa shape index (κ3) is 5.35. The highest BCUT2D eigenvalue weighted by atomic mass is 35.5. The van der Waals surface area contributed by atoms with E-state index in [-0.39, 0.29) is 18.3 Å². The summed E-state index contributed by atoms with van der Waals surface area (Å²) in [5.41, 5.74) is 0.0836. The number of alkyl halides is 3. The molecule has 29 heavy (non-hydrogen) atoms. The highest BCUT2D eigenvalue weighted by Crippen LogP contribution is 2.42. The van der Waals surface area contributed by atoms with Crippen LogP contribution >= 0.6 is 12.4 Å². The Kier molecular flexibility index (Phi) is 8.19. The van der Waals surface area contributed by atoms with Crippen molar-refractivity contribution in [3.63, 3.8) is 0 Å². The molecule has 2 aliphatic rings. The molecule has 9 heteroatoms. The van der Waals surface area contributed by atoms with E-state index in [0.717, 1.165) is 18.4 Å². The van der Waals surface area contributed by atoms with Gasteiger partial charge in [0.05, 0.1) is 12.5 Å². The fraction of sp³-hybridized carbons (Fsp3) is 0.650. The van der Waals surface area contributed by atoms with Crippen molar-refractivity contribution in [1.29, 1.82) is 0 Å². The average Bonchev–Trinajstić information content (AvgIpc) is 3.19. The summed E-state index contributed by atoms with van der Waals surface area (Å²) in [7, 11) is 1.57. The van der Waals surface area contributed by atoms with Crippen molar-refractivity contribution in [2.75, 3.05) is 39.8 Å². The van der Waals surface area contributed by atoms with E-state index in [1.54, 1.807) is 19.2 Å². The quantitative estimate of drug-likeness (QED) is 0.721. The maximum atomic E-state index is 13.6. The fourth-order valence-electron chi connectivity index (χ4n) is 4.34. The summed E-state index contributed by atoms with van der Waals surface area (Å²) in [6.07, 6.45) is -1.31. The summed E-state index contributed by atoms with van der Waals surface area (Å²) in [5.74, 6) is 0.382. The number of amides is 1. The van der Waals surface area contributed by atoms with Crippen molar-refractivity contribution in [2.24, 2.45) is 0 Å². The second kappa shape index (κ2) is 10.00. The lowest BCUT2D eigenvalue weighted by Gasteiger charge is -2.37. The third-order valence-electron chi connectivity index (χ3n) is 5.96. The van der Waals surface area contributed by atoms with Gasteiger partial charge in [-0.15, -0.1) is 12.4 Å². The molecular weight excluding hydrogens is 407 g/mol. The molecule has 1 saturated carbocycles. The molecule has 1 aromatic rings. The minimum atomic E-state index is -4.38. The fourth-order valence-corrected chi connectivity index (χ4v) is 4.34. The molecule has 1 aliphatic carbocycles. The number of halogens is 4. The molecule has 2 fully saturated rings. The lowest BCUT2D eigenvalue weighted by molar-refractivity contribution is -0.184. The number of rotatable bonds is 6. The van der Waals surface area contributed by atoms with Gasteiger partial charge in [0.2, 0.25) is 5.91 Å². The highest BCUT2D eigenvalue weighted by Gasteiger charge is 2.46. The van der Waals surface area contributed by atoms with E-state index in [2.05, 4.69) is 10.6 Å². The number of nitrogens with zero attached hydrogens (tertiary/aromatic N) is 1. The van der Waals surface area contributed by atoms with Gasteiger partial charge in [-0.3, -0.25) is 9.69 Å². The van der Waals surface area contributed by atoms with Crippen LogP contribution in [-0.4, -0.2) is 62.9 Å². The average molecular weight is 436 g/mol. The van der Waals surface area contributed by atoms with Gasteiger partial charge in [-0.25, -0.2) is 0 Å². The molecule has 1 saturated heterocycles. The number of ether oxygens (including phenoxy) is 1. The molecule has 1 aliphatic heterocycles. The van der Waals surface area contributed by atoms with Gasteiger partial charge < -0.3 is 15.4 Å². The number of piperazine rings is 1. The molecule has 3 rings (SSSR count). The van der Waals surface area contributed by atoms with E-state index >= 15 is 0 Å². The lowest BCUT2D eigenvalue weighted by atomic mass is 9.78. The summed E-state index contributed by atoms with van der Waals surface area (Å²) >= 11 is 0. The molecule has 0 radical (unpaired) electrons. The zero-order chi connectivity index (χ0) is 20.2. The van der Waals surface area contributed by atoms with Crippen LogP contribution in [0.4, 0.5) is 13.2 Å². The minimum absolute atomic E-state index is 0. The van der Waals surface area contributed by atoms with Gasteiger partial charge in [-0.05, 0) is 30.5 Å². The van der Waals surface area contributed by atoms with E-state index in [4.69, 9.17) is 4.74 Å². The number of hydrogen-bond donors (Lipinski definition) is 2. The van der Waals surface area contributed by atoms with Crippen LogP contribution in [0.5, 0.6) is 5.75 Å². The van der Waals surface area contributed by atoms with Gasteiger partial charge in [0.15, 0.2) is 0 Å². The number of methoxy groups -OCH3 is 1. The first-order chi connectivity index (χ1) is 13.4. The molecule has 2 N–H and O–H groups in total. The monoisotopic (exact) mass is 435 g/mol. The van der Waals surface area contributed by atoms with Crippen LogP contribution in [0, 0.1) is 0 Å². The Morgan fingerprint density at radius 2 is 1.79 bits per heavy atom. The number of carbonyl (C=O) groups excluding carboxylic acids is 1. The predicted octanol–water partition coefficient (Wildman–Crippen LogP) is 2.88. The van der Waals surface area contributed by atoms with Crippen LogP contribution in [0.15, 0.2) is 24.3 Å². The zero-order valence-electron chi connectivity index (χ0n) is 16.6. The maximum Gasteiger partial charge on any atom is 0.405 e. The van der Waals surface area contributed by atoms with E-state index in [1.165, 1.54) is 4.90 Å². The minimum Gasteiger partial charge on any atom is -0.497 e. The van der Waals surface area contributed by atoms with Crippen LogP contribution < -0.4 is 15.4 Å². The molecule has 164 valence electrons. The summed E-state index contributed by atoms with van der Waals surface area (Å²) in [5, 5.41) is 5.71. The normalized spacial score (nSPS) is 20.6. The van der Waals surface area contributed by atoms with Crippen molar-refractivity contribution < 1.29 is 22.7 Å². The van der Waals surface area contributed by atoms with E-state index in [0.29, 0.717) is 44.8 Å². The van der Waals surface area contributed by atoms with Gasteiger partial charge in [0.25, 0.3) is 0 Å². The Bertz CT molecular complexity index is 658. The molecule has 1 heterocycles. The van der Waals surface area contributed by atoms with Crippen molar-refractivity contribution in [1.82, 2.24) is 15.5 Å². The summed E-state index contributed by atoms with van der Waals surface area (Å²) < 4.78 is 46.0. The molecule has 5 nitrogen and oxygen atoms in total. The second-order valence-electron chi connectivity index (χ2n) is 7.57. The lowest BCUT2D eigenvalue weighted by Crippen LogP contribution is -2.58. The van der Waals surface area contributed by atoms with Gasteiger partial charge in [0, 0.05) is 32.7 Å². The first-order valence-electron chi connectivity index (χ1n) is 9.81. The van der Waals surface area contributed by atoms with Crippen LogP contribution in [-0.2, 0) is 10.2 Å². The van der Waals surface area contributed by atoms with Crippen LogP contribution in [0.3, 0.4) is 0 Å². The van der Waals surface area contributed by atoms with Crippen molar-refractivity contribution in [3.05, 3.63) is 29.8 Å². The van der Waals surface area contributed by atoms with Crippen LogP contribution in [0.25, 0.3) is 0 Å². The van der Waals surface area contributed by atoms with E-state index in [9.17, 15) is 18.0 Å². The maximum absolute atomic E-state index is 13.6. The van der Waals surface area contributed by atoms with Gasteiger partial charge in [-0.1, -0.05) is 25.0 Å². The molecule has 0 aromatic heterocycles. The summed E-state index contributed by atoms with van der Waals surface area (Å²) in [4.78, 5) is 14.5. The Hall–Kier alpha value is -1.51. The molecule has 1 amide bonds. The van der Waals surface area contributed by atoms with Crippen molar-refractivity contribution in [3.8, 4) is 5.75 Å². The Labute approximate surface area is 175 Å². The van der Waals surface area contributed by atoms with Gasteiger partial charge >= 0.3 is 6.18 Å². The molecule has 1 unspecified atom stereocenters. The number of nitrogens with one attached hydrogen (secondary N) is 2. The molecular formula is C20H29ClF3N3O2. The molecule has 1 aromatic carbocycles. The highest BCUT2D eigenvalue weighted by molar-refractivity contribution is 5.88. The second-order valence-corrected chi connectivity index (χ2v) is 7.57. The third-order valence-corrected chi connectivity index (χ3v) is 5.96. The largest absolute Gasteiger partial charge is 0.497 e. The standard InChI is InChI=1S/C20H28F3N3O2.ClH/c1-28-16-6-4-15(5-7-16)19(8-2-3-9-19)18(27)25-14-17(20(21,22)23)26-12-10-24-11-13-26;/h4-7,17,24H,2-3,8-14H2,1H3,(H,25,27);1H. The molecule has 0 bridgehead atoms. The van der Waals surface area contributed by atoms with Crippen LogP contribution in [0.1, 0.15) is 31.2 Å². The smallest absolute Gasteiger partial charge is 0.405 e. The number of hydrogen-bond acceptors (Lipinski definition) is 4. The predicted molar refractivity (Wildman–Crippen MR) is 108 cm³/mol. The first-order valence-corrected chi connectivity index (χ1v) is 9.81. The van der Waals surface area contributed by atoms with Gasteiger partial charge in [0.1, 0.15) is 11.8 Å². The van der Waals surface area contributed by atoms with E-state index in [1.807, 2.05) is 12.1 Å². The topological polar surface area (TPSA) is 53.6 Å². The van der Waals surface area contributed by atoms with E-state index < -0.39 is 24.2 Å². The first kappa shape index (κ1) is 23.8. The van der Waals surface area contributed by atoms with Crippen molar-refractivity contribution >= 4 is 18.3 Å². The number of carbonyl (C=O) groups is 1. The molecule has 0 spiro atoms. The Balaban J connectivity index is 0.00000300. The van der Waals surface area contributed by atoms with Crippen LogP contribution in [0.2, 0.25) is 0 Å². The SMILES string of the molecule is COc1ccc(C2(C(=O)NCC(N3CCNCC3)C(F)(F)F)CCCC2)cc1.Cl. The number of benzene rings is 1. The summed E-state index contributed by atoms with van der Waals surface area (Å²) in [6, 6.07) is 5.62. The van der Waals surface area contributed by atoms with Crippen molar-refractivity contribution in [2.45, 2.75) is 43.3 Å². The zero-order valence-corrected chi connectivity index (χ0v) is 17.4. The Morgan fingerprint density at radius 3 is 2.31 bits per heavy atom. The summed E-state index contributed by atoms with van der Waals surface area (Å²) in [6.45, 7) is 1.28. The molecule has 1 atom stereocenters. The van der Waals surface area contributed by atoms with Gasteiger partial charge in [-0.2, -0.15) is 13.2 Å².